The van der Waals surface area contributed by atoms with Gasteiger partial charge in [-0.3, -0.25) is 4.68 Å². The summed E-state index contributed by atoms with van der Waals surface area (Å²) < 4.78 is 1.72. The maximum absolute atomic E-state index is 11.7. The van der Waals surface area contributed by atoms with Gasteiger partial charge in [-0.25, -0.2) is 4.79 Å². The van der Waals surface area contributed by atoms with E-state index >= 15 is 0 Å². The first kappa shape index (κ1) is 13.7. The number of amides is 2. The number of carbonyl (C=O) groups excluding carboxylic acids is 1. The smallest absolute Gasteiger partial charge is 0.308 e. The summed E-state index contributed by atoms with van der Waals surface area (Å²) in [5, 5.41) is 10.2. The number of hydrogen-bond donors (Lipinski definition) is 2. The maximum atomic E-state index is 11.7. The topological polar surface area (TPSA) is 59.0 Å². The van der Waals surface area contributed by atoms with E-state index < -0.39 is 0 Å². The van der Waals surface area contributed by atoms with Gasteiger partial charge in [0.1, 0.15) is 0 Å². The molecule has 0 saturated carbocycles. The highest BCUT2D eigenvalue weighted by molar-refractivity contribution is 6.42. The van der Waals surface area contributed by atoms with Crippen LogP contribution < -0.4 is 10.6 Å². The van der Waals surface area contributed by atoms with Gasteiger partial charge in [0, 0.05) is 18.4 Å². The molecule has 0 atom stereocenters. The summed E-state index contributed by atoms with van der Waals surface area (Å²) in [6.07, 6.45) is 3.33. The molecule has 0 aliphatic heterocycles. The van der Waals surface area contributed by atoms with Crippen LogP contribution in [0.15, 0.2) is 30.6 Å². The Bertz CT molecular complexity index is 597. The van der Waals surface area contributed by atoms with Crippen molar-refractivity contribution in [1.29, 1.82) is 0 Å². The highest BCUT2D eigenvalue weighted by Gasteiger charge is 2.06. The van der Waals surface area contributed by atoms with E-state index in [9.17, 15) is 4.79 Å². The summed E-state index contributed by atoms with van der Waals surface area (Å²) in [5.74, 6) is 0. The number of carbonyl (C=O) groups is 1. The fourth-order valence-corrected chi connectivity index (χ4v) is 1.77. The van der Waals surface area contributed by atoms with Crippen LogP contribution in [0, 0.1) is 0 Å². The van der Waals surface area contributed by atoms with E-state index in [0.717, 1.165) is 6.54 Å². The van der Waals surface area contributed by atoms with Crippen LogP contribution >= 0.6 is 23.2 Å². The van der Waals surface area contributed by atoms with Gasteiger partial charge in [-0.1, -0.05) is 23.2 Å². The Morgan fingerprint density at radius 3 is 2.63 bits per heavy atom. The van der Waals surface area contributed by atoms with Crippen molar-refractivity contribution in [2.45, 2.75) is 13.5 Å². The van der Waals surface area contributed by atoms with Crippen LogP contribution in [0.2, 0.25) is 10.0 Å². The lowest BCUT2D eigenvalue weighted by molar-refractivity contribution is 0.262. The van der Waals surface area contributed by atoms with E-state index in [4.69, 9.17) is 23.2 Å². The van der Waals surface area contributed by atoms with Gasteiger partial charge in [-0.05, 0) is 25.1 Å². The SMILES string of the molecule is CCn1cc(NC(=O)Nc2ccc(Cl)c(Cl)c2)cn1. The average Bonchev–Trinajstić information content (AvgIpc) is 2.81. The lowest BCUT2D eigenvalue weighted by Gasteiger charge is -2.06. The number of nitrogens with zero attached hydrogens (tertiary/aromatic N) is 2. The zero-order valence-electron chi connectivity index (χ0n) is 10.2. The molecule has 0 aliphatic rings. The molecule has 100 valence electrons. The zero-order chi connectivity index (χ0) is 13.8. The number of urea groups is 1. The fourth-order valence-electron chi connectivity index (χ4n) is 1.47. The summed E-state index contributed by atoms with van der Waals surface area (Å²) in [4.78, 5) is 11.7. The molecule has 0 spiro atoms. The molecule has 0 aliphatic carbocycles. The molecule has 2 amide bonds. The first-order chi connectivity index (χ1) is 9.08. The van der Waals surface area contributed by atoms with Crippen molar-refractivity contribution in [3.8, 4) is 0 Å². The molecule has 7 heteroatoms. The predicted molar refractivity (Wildman–Crippen MR) is 77.0 cm³/mol. The van der Waals surface area contributed by atoms with Crippen LogP contribution in [0.25, 0.3) is 0 Å². The highest BCUT2D eigenvalue weighted by atomic mass is 35.5. The molecule has 0 unspecified atom stereocenters. The average molecular weight is 299 g/mol. The van der Waals surface area contributed by atoms with Crippen molar-refractivity contribution >= 4 is 40.6 Å². The van der Waals surface area contributed by atoms with E-state index in [1.54, 1.807) is 35.3 Å². The lowest BCUT2D eigenvalue weighted by Crippen LogP contribution is -2.19. The summed E-state index contributed by atoms with van der Waals surface area (Å²) in [6, 6.07) is 4.51. The molecule has 2 aromatic rings. The third-order valence-corrected chi connectivity index (χ3v) is 3.13. The first-order valence-electron chi connectivity index (χ1n) is 5.64. The number of hydrogen-bond acceptors (Lipinski definition) is 2. The number of aryl methyl sites for hydroxylation is 1. The van der Waals surface area contributed by atoms with E-state index in [-0.39, 0.29) is 6.03 Å². The molecule has 0 fully saturated rings. The molecule has 0 radical (unpaired) electrons. The number of rotatable bonds is 3. The van der Waals surface area contributed by atoms with Gasteiger partial charge >= 0.3 is 6.03 Å². The molecule has 0 saturated heterocycles. The Morgan fingerprint density at radius 2 is 2.00 bits per heavy atom. The summed E-state index contributed by atoms with van der Waals surface area (Å²) in [6.45, 7) is 2.71. The van der Waals surface area contributed by atoms with Gasteiger partial charge < -0.3 is 10.6 Å². The highest BCUT2D eigenvalue weighted by Crippen LogP contribution is 2.25. The summed E-state index contributed by atoms with van der Waals surface area (Å²) >= 11 is 11.7. The normalized spacial score (nSPS) is 10.3. The Morgan fingerprint density at radius 1 is 1.26 bits per heavy atom. The van der Waals surface area contributed by atoms with Gasteiger partial charge in [0.15, 0.2) is 0 Å². The molecule has 0 bridgehead atoms. The standard InChI is InChI=1S/C12H12Cl2N4O/c1-2-18-7-9(6-15-18)17-12(19)16-8-3-4-10(13)11(14)5-8/h3-7H,2H2,1H3,(H2,16,17,19). The second-order valence-corrected chi connectivity index (χ2v) is 4.61. The predicted octanol–water partition coefficient (Wildman–Crippen LogP) is 3.85. The Labute approximate surface area is 120 Å². The minimum atomic E-state index is -0.367. The summed E-state index contributed by atoms with van der Waals surface area (Å²) in [7, 11) is 0. The zero-order valence-corrected chi connectivity index (χ0v) is 11.7. The van der Waals surface area contributed by atoms with Crippen molar-refractivity contribution < 1.29 is 4.79 Å². The van der Waals surface area contributed by atoms with Gasteiger partial charge in [-0.15, -0.1) is 0 Å². The number of anilines is 2. The molecule has 1 aromatic heterocycles. The van der Waals surface area contributed by atoms with E-state index in [1.165, 1.54) is 0 Å². The molecule has 19 heavy (non-hydrogen) atoms. The Kier molecular flexibility index (Phi) is 4.29. The minimum Gasteiger partial charge on any atom is -0.308 e. The Balaban J connectivity index is 1.98. The van der Waals surface area contributed by atoms with Gasteiger partial charge in [0.05, 0.1) is 21.9 Å². The van der Waals surface area contributed by atoms with Crippen molar-refractivity contribution in [2.75, 3.05) is 10.6 Å². The van der Waals surface area contributed by atoms with Gasteiger partial charge in [0.2, 0.25) is 0 Å². The van der Waals surface area contributed by atoms with E-state index in [1.807, 2.05) is 6.92 Å². The van der Waals surface area contributed by atoms with Crippen LogP contribution in [0.1, 0.15) is 6.92 Å². The molecular weight excluding hydrogens is 287 g/mol. The summed E-state index contributed by atoms with van der Waals surface area (Å²) in [5.41, 5.74) is 1.19. The third-order valence-electron chi connectivity index (χ3n) is 2.39. The molecule has 2 rings (SSSR count). The number of halogens is 2. The van der Waals surface area contributed by atoms with E-state index in [0.29, 0.717) is 21.4 Å². The first-order valence-corrected chi connectivity index (χ1v) is 6.39. The van der Waals surface area contributed by atoms with Gasteiger partial charge in [0.25, 0.3) is 0 Å². The molecular formula is C12H12Cl2N4O. The third kappa shape index (κ3) is 3.62. The Hall–Kier alpha value is -1.72. The monoisotopic (exact) mass is 298 g/mol. The fraction of sp³-hybridized carbons (Fsp3) is 0.167. The second-order valence-electron chi connectivity index (χ2n) is 3.79. The largest absolute Gasteiger partial charge is 0.323 e. The molecule has 1 heterocycles. The van der Waals surface area contributed by atoms with E-state index in [2.05, 4.69) is 15.7 Å². The van der Waals surface area contributed by atoms with Gasteiger partial charge in [-0.2, -0.15) is 5.10 Å². The lowest BCUT2D eigenvalue weighted by atomic mass is 10.3. The number of aromatic nitrogens is 2. The van der Waals surface area contributed by atoms with Crippen molar-refractivity contribution in [3.63, 3.8) is 0 Å². The molecule has 2 N–H and O–H groups in total. The quantitative estimate of drug-likeness (QED) is 0.904. The number of benzene rings is 1. The van der Waals surface area contributed by atoms with Crippen LogP contribution in [0.3, 0.4) is 0 Å². The van der Waals surface area contributed by atoms with Crippen LogP contribution in [-0.4, -0.2) is 15.8 Å². The minimum absolute atomic E-state index is 0.367. The second kappa shape index (κ2) is 5.95. The number of nitrogens with one attached hydrogen (secondary N) is 2. The maximum Gasteiger partial charge on any atom is 0.323 e. The van der Waals surface area contributed by atoms with Crippen LogP contribution in [0.5, 0.6) is 0 Å². The van der Waals surface area contributed by atoms with Crippen molar-refractivity contribution in [3.05, 3.63) is 40.6 Å². The van der Waals surface area contributed by atoms with Crippen molar-refractivity contribution in [2.24, 2.45) is 0 Å². The molecule has 5 nitrogen and oxygen atoms in total. The molecule has 1 aromatic carbocycles. The van der Waals surface area contributed by atoms with Crippen LogP contribution in [0.4, 0.5) is 16.2 Å². The van der Waals surface area contributed by atoms with Crippen molar-refractivity contribution in [1.82, 2.24) is 9.78 Å². The van der Waals surface area contributed by atoms with Crippen LogP contribution in [-0.2, 0) is 6.54 Å².